The Morgan fingerprint density at radius 3 is 2.91 bits per heavy atom. The number of nitrogens with zero attached hydrogens (tertiary/aromatic N) is 7. The van der Waals surface area contributed by atoms with Gasteiger partial charge in [-0.1, -0.05) is 32.1 Å². The predicted molar refractivity (Wildman–Crippen MR) is 90.0 cm³/mol. The molecule has 0 aliphatic carbocycles. The lowest BCUT2D eigenvalue weighted by Crippen LogP contribution is -2.33. The van der Waals surface area contributed by atoms with E-state index in [1.54, 1.807) is 24.0 Å². The van der Waals surface area contributed by atoms with E-state index in [0.29, 0.717) is 6.04 Å². The summed E-state index contributed by atoms with van der Waals surface area (Å²) in [6, 6.07) is 0.426. The first-order chi connectivity index (χ1) is 11.0. The highest BCUT2D eigenvalue weighted by Crippen LogP contribution is 2.32. The standard InChI is InChI=1S/C15H21N7S/c1-15(2,3)12-8-22-13(18-12)23-14(19-22)21-6-4-5-11(21)7-20-10-16-9-17-20/h8-11H,4-7H2,1-3H3/t11-/m0/s1. The van der Waals surface area contributed by atoms with Crippen LogP contribution >= 0.6 is 11.3 Å². The molecule has 0 aromatic carbocycles. The predicted octanol–water partition coefficient (Wildman–Crippen LogP) is 2.35. The van der Waals surface area contributed by atoms with Crippen molar-refractivity contribution < 1.29 is 0 Å². The van der Waals surface area contributed by atoms with Crippen LogP contribution in [-0.4, -0.2) is 41.9 Å². The van der Waals surface area contributed by atoms with Gasteiger partial charge in [-0.05, 0) is 12.8 Å². The van der Waals surface area contributed by atoms with Crippen LogP contribution in [0.4, 0.5) is 5.13 Å². The molecule has 4 rings (SSSR count). The summed E-state index contributed by atoms with van der Waals surface area (Å²) < 4.78 is 3.82. The van der Waals surface area contributed by atoms with Crippen LogP contribution < -0.4 is 4.90 Å². The highest BCUT2D eigenvalue weighted by atomic mass is 32.1. The average Bonchev–Trinajstić information content (AvgIpc) is 3.20. The fourth-order valence-electron chi connectivity index (χ4n) is 2.99. The van der Waals surface area contributed by atoms with Crippen molar-refractivity contribution in [1.82, 2.24) is 29.4 Å². The smallest absolute Gasteiger partial charge is 0.214 e. The molecule has 3 aromatic heterocycles. The van der Waals surface area contributed by atoms with Crippen LogP contribution in [0.5, 0.6) is 0 Å². The molecule has 4 heterocycles. The minimum atomic E-state index is 0.0524. The fourth-order valence-corrected chi connectivity index (χ4v) is 3.97. The van der Waals surface area contributed by atoms with Gasteiger partial charge in [0.2, 0.25) is 10.1 Å². The van der Waals surface area contributed by atoms with Gasteiger partial charge in [0.15, 0.2) is 0 Å². The maximum Gasteiger partial charge on any atom is 0.214 e. The topological polar surface area (TPSA) is 64.1 Å². The molecule has 1 aliphatic rings. The van der Waals surface area contributed by atoms with Crippen molar-refractivity contribution in [2.24, 2.45) is 0 Å². The van der Waals surface area contributed by atoms with Gasteiger partial charge in [-0.25, -0.2) is 14.5 Å². The molecule has 0 amide bonds. The Hall–Kier alpha value is -1.96. The molecule has 0 saturated carbocycles. The normalized spacial score (nSPS) is 19.1. The summed E-state index contributed by atoms with van der Waals surface area (Å²) >= 11 is 1.67. The van der Waals surface area contributed by atoms with Gasteiger partial charge in [0.1, 0.15) is 12.7 Å². The SMILES string of the molecule is CC(C)(C)c1cn2nc(N3CCC[C@H]3Cn3cncn3)sc2n1. The first-order valence-electron chi connectivity index (χ1n) is 7.96. The van der Waals surface area contributed by atoms with Gasteiger partial charge in [0.05, 0.1) is 24.5 Å². The zero-order valence-electron chi connectivity index (χ0n) is 13.7. The molecule has 0 unspecified atom stereocenters. The number of hydrogen-bond donors (Lipinski definition) is 0. The van der Waals surface area contributed by atoms with E-state index >= 15 is 0 Å². The molecule has 1 atom stereocenters. The molecule has 1 aliphatic heterocycles. The molecule has 0 spiro atoms. The van der Waals surface area contributed by atoms with Gasteiger partial charge in [0.25, 0.3) is 0 Å². The van der Waals surface area contributed by atoms with E-state index in [1.165, 1.54) is 6.42 Å². The first kappa shape index (κ1) is 14.6. The van der Waals surface area contributed by atoms with Crippen LogP contribution in [0.1, 0.15) is 39.3 Å². The molecular weight excluding hydrogens is 310 g/mol. The van der Waals surface area contributed by atoms with Gasteiger partial charge < -0.3 is 4.90 Å². The first-order valence-corrected chi connectivity index (χ1v) is 8.78. The summed E-state index contributed by atoms with van der Waals surface area (Å²) in [4.78, 5) is 12.1. The maximum absolute atomic E-state index is 4.76. The number of hydrogen-bond acceptors (Lipinski definition) is 6. The molecule has 0 bridgehead atoms. The third kappa shape index (κ3) is 2.71. The Bertz CT molecular complexity index is 764. The summed E-state index contributed by atoms with van der Waals surface area (Å²) in [6.45, 7) is 8.43. The van der Waals surface area contributed by atoms with Gasteiger partial charge in [-0.15, -0.1) is 5.10 Å². The molecule has 7 nitrogen and oxygen atoms in total. The van der Waals surface area contributed by atoms with Crippen LogP contribution in [0, 0.1) is 0 Å². The summed E-state index contributed by atoms with van der Waals surface area (Å²) in [5.74, 6) is 0. The average molecular weight is 331 g/mol. The van der Waals surface area contributed by atoms with E-state index in [9.17, 15) is 0 Å². The van der Waals surface area contributed by atoms with E-state index in [1.807, 2.05) is 9.20 Å². The summed E-state index contributed by atoms with van der Waals surface area (Å²) in [6.07, 6.45) is 7.77. The number of imidazole rings is 1. The number of aromatic nitrogens is 6. The number of fused-ring (bicyclic) bond motifs is 1. The van der Waals surface area contributed by atoms with Gasteiger partial charge in [-0.3, -0.25) is 4.68 Å². The number of rotatable bonds is 3. The Morgan fingerprint density at radius 2 is 2.22 bits per heavy atom. The monoisotopic (exact) mass is 331 g/mol. The second-order valence-corrected chi connectivity index (χ2v) is 8.03. The highest BCUT2D eigenvalue weighted by molar-refractivity contribution is 7.20. The fraction of sp³-hybridized carbons (Fsp3) is 0.600. The van der Waals surface area contributed by atoms with E-state index in [2.05, 4.69) is 42.0 Å². The molecule has 1 saturated heterocycles. The third-order valence-electron chi connectivity index (χ3n) is 4.29. The largest absolute Gasteiger partial charge is 0.342 e. The summed E-state index contributed by atoms with van der Waals surface area (Å²) in [7, 11) is 0. The van der Waals surface area contributed by atoms with Crippen molar-refractivity contribution in [2.45, 2.75) is 51.6 Å². The van der Waals surface area contributed by atoms with Crippen molar-refractivity contribution in [2.75, 3.05) is 11.4 Å². The third-order valence-corrected chi connectivity index (χ3v) is 5.25. The molecule has 8 heteroatoms. The van der Waals surface area contributed by atoms with Crippen molar-refractivity contribution in [3.63, 3.8) is 0 Å². The minimum absolute atomic E-state index is 0.0524. The van der Waals surface area contributed by atoms with Crippen molar-refractivity contribution >= 4 is 21.4 Å². The Labute approximate surface area is 139 Å². The van der Waals surface area contributed by atoms with E-state index in [-0.39, 0.29) is 5.41 Å². The van der Waals surface area contributed by atoms with Crippen LogP contribution in [0.15, 0.2) is 18.9 Å². The molecule has 23 heavy (non-hydrogen) atoms. The molecule has 0 radical (unpaired) electrons. The minimum Gasteiger partial charge on any atom is -0.342 e. The van der Waals surface area contributed by atoms with Crippen molar-refractivity contribution in [1.29, 1.82) is 0 Å². The van der Waals surface area contributed by atoms with Crippen molar-refractivity contribution in [3.05, 3.63) is 24.5 Å². The van der Waals surface area contributed by atoms with Crippen LogP contribution in [0.3, 0.4) is 0 Å². The molecule has 122 valence electrons. The number of anilines is 1. The van der Waals surface area contributed by atoms with Gasteiger partial charge in [0, 0.05) is 12.0 Å². The second-order valence-electron chi connectivity index (χ2n) is 7.09. The zero-order chi connectivity index (χ0) is 16.0. The van der Waals surface area contributed by atoms with Gasteiger partial charge >= 0.3 is 0 Å². The van der Waals surface area contributed by atoms with Crippen molar-refractivity contribution in [3.8, 4) is 0 Å². The quantitative estimate of drug-likeness (QED) is 0.737. The molecular formula is C15H21N7S. The highest BCUT2D eigenvalue weighted by Gasteiger charge is 2.29. The molecule has 3 aromatic rings. The van der Waals surface area contributed by atoms with Gasteiger partial charge in [-0.2, -0.15) is 5.10 Å². The lowest BCUT2D eigenvalue weighted by atomic mass is 9.93. The Kier molecular flexibility index (Phi) is 3.37. The van der Waals surface area contributed by atoms with Crippen LogP contribution in [0.25, 0.3) is 4.96 Å². The van der Waals surface area contributed by atoms with E-state index < -0.39 is 0 Å². The Morgan fingerprint density at radius 1 is 1.35 bits per heavy atom. The molecule has 0 N–H and O–H groups in total. The molecule has 1 fully saturated rings. The van der Waals surface area contributed by atoms with E-state index in [0.717, 1.165) is 35.3 Å². The second kappa shape index (κ2) is 5.30. The van der Waals surface area contributed by atoms with Crippen LogP contribution in [0.2, 0.25) is 0 Å². The lowest BCUT2D eigenvalue weighted by Gasteiger charge is -2.23. The van der Waals surface area contributed by atoms with Crippen LogP contribution in [-0.2, 0) is 12.0 Å². The zero-order valence-corrected chi connectivity index (χ0v) is 14.5. The summed E-state index contributed by atoms with van der Waals surface area (Å²) in [5, 5.41) is 10.0. The van der Waals surface area contributed by atoms with E-state index in [4.69, 9.17) is 10.1 Å². The summed E-state index contributed by atoms with van der Waals surface area (Å²) in [5.41, 5.74) is 1.14. The lowest BCUT2D eigenvalue weighted by molar-refractivity contribution is 0.507. The maximum atomic E-state index is 4.76. The Balaban J connectivity index is 1.59.